The molecule has 4 N–H and O–H groups in total. The van der Waals surface area contributed by atoms with Gasteiger partial charge in [0.1, 0.15) is 32.1 Å². The summed E-state index contributed by atoms with van der Waals surface area (Å²) in [5.74, 6) is 0.204. The summed E-state index contributed by atoms with van der Waals surface area (Å²) in [6, 6.07) is 3.25. The number of nitrogens with zero attached hydrogens (tertiary/aromatic N) is 5. The number of rotatable bonds is 6. The number of ether oxygens (including phenoxy) is 1. The van der Waals surface area contributed by atoms with E-state index in [1.165, 1.54) is 30.8 Å². The van der Waals surface area contributed by atoms with Crippen LogP contribution in [0.4, 0.5) is 21.7 Å². The smallest absolute Gasteiger partial charge is 0.317 e. The number of benzene rings is 2. The molecule has 1 amide bonds. The number of halogens is 4. The Morgan fingerprint density at radius 3 is 2.70 bits per heavy atom. The number of likely N-dealkylation sites (N-methyl/N-ethyl adjacent to an activating group) is 1. The first-order valence-corrected chi connectivity index (χ1v) is 15.8. The number of hydrogen-bond donors (Lipinski definition) is 3. The van der Waals surface area contributed by atoms with Crippen LogP contribution in [0.3, 0.4) is 0 Å². The molecule has 0 spiro atoms. The molecule has 1 saturated heterocycles. The Bertz CT molecular complexity index is 1910. The number of hydrogen-bond acceptors (Lipinski definition) is 8. The summed E-state index contributed by atoms with van der Waals surface area (Å²) in [5.41, 5.74) is 9.69. The van der Waals surface area contributed by atoms with Gasteiger partial charge in [-0.05, 0) is 35.0 Å². The van der Waals surface area contributed by atoms with Crippen LogP contribution in [0, 0.1) is 12.7 Å². The van der Waals surface area contributed by atoms with Crippen molar-refractivity contribution in [2.24, 2.45) is 0 Å². The molecule has 43 heavy (non-hydrogen) atoms. The number of thiophene rings is 1. The quantitative estimate of drug-likeness (QED) is 0.187. The standard InChI is InChI=1S/C28H26BrCl2FN8O2S/c1-4-38-5-7-39(8-6-38)17-10-16-18(9-15(17)32)40(28(33)36-16)26-25-22(34-12-35-26)14(11-43-25)27(41)37-23-20(30)13(2)19(29)24(42-3)21(23)31/h9-12H,4-8H2,1-3H3,(H3,33,36,37,41)/p+1. The fraction of sp³-hybridized carbons (Fsp3) is 0.286. The number of carbonyl (C=O) groups excluding carboxylic acids is 1. The lowest BCUT2D eigenvalue weighted by atomic mass is 10.2. The fourth-order valence-electron chi connectivity index (χ4n) is 5.32. The maximum Gasteiger partial charge on any atom is 0.317 e. The summed E-state index contributed by atoms with van der Waals surface area (Å²) in [4.78, 5) is 29.9. The summed E-state index contributed by atoms with van der Waals surface area (Å²) in [6.45, 7) is 8.11. The number of methoxy groups -OCH3 is 1. The first-order chi connectivity index (χ1) is 20.6. The largest absolute Gasteiger partial charge is 0.494 e. The van der Waals surface area contributed by atoms with Crippen molar-refractivity contribution in [3.63, 3.8) is 0 Å². The Hall–Kier alpha value is -3.23. The van der Waals surface area contributed by atoms with Crippen LogP contribution in [0.5, 0.6) is 5.75 Å². The third-order valence-corrected chi connectivity index (χ3v) is 10.5. The number of nitrogens with two attached hydrogens (primary N) is 1. The van der Waals surface area contributed by atoms with Crippen molar-refractivity contribution in [3.8, 4) is 11.6 Å². The second kappa shape index (κ2) is 11.7. The van der Waals surface area contributed by atoms with Crippen molar-refractivity contribution in [3.05, 3.63) is 55.3 Å². The van der Waals surface area contributed by atoms with Gasteiger partial charge in [0.05, 0.1) is 33.5 Å². The van der Waals surface area contributed by atoms with E-state index in [1.54, 1.807) is 22.9 Å². The molecule has 0 saturated carbocycles. The summed E-state index contributed by atoms with van der Waals surface area (Å²) >= 11 is 17.8. The van der Waals surface area contributed by atoms with Crippen LogP contribution in [-0.4, -0.2) is 65.6 Å². The van der Waals surface area contributed by atoms with Gasteiger partial charge in [-0.3, -0.25) is 9.78 Å². The molecule has 15 heteroatoms. The Kier molecular flexibility index (Phi) is 8.11. The number of piperazine rings is 1. The number of fused-ring (bicyclic) bond motifs is 2. The Morgan fingerprint density at radius 1 is 1.26 bits per heavy atom. The maximum absolute atomic E-state index is 15.6. The number of H-pyrrole nitrogens is 1. The average molecular weight is 709 g/mol. The molecule has 4 heterocycles. The summed E-state index contributed by atoms with van der Waals surface area (Å²) in [6.07, 6.45) is 1.34. The molecular weight excluding hydrogens is 682 g/mol. The van der Waals surface area contributed by atoms with E-state index in [-0.39, 0.29) is 33.1 Å². The van der Waals surface area contributed by atoms with E-state index in [1.807, 2.05) is 0 Å². The van der Waals surface area contributed by atoms with Crippen molar-refractivity contribution < 1.29 is 18.5 Å². The molecule has 5 aromatic rings. The molecule has 10 nitrogen and oxygen atoms in total. The first kappa shape index (κ1) is 29.8. The lowest BCUT2D eigenvalue weighted by Crippen LogP contribution is -2.46. The number of nitrogens with one attached hydrogen (secondary N) is 2. The van der Waals surface area contributed by atoms with Crippen molar-refractivity contribution in [2.75, 3.05) is 55.8 Å². The second-order valence-corrected chi connectivity index (χ2v) is 12.5. The van der Waals surface area contributed by atoms with Crippen LogP contribution >= 0.6 is 50.5 Å². The number of carbonyl (C=O) groups is 1. The van der Waals surface area contributed by atoms with Crippen LogP contribution < -0.4 is 25.3 Å². The van der Waals surface area contributed by atoms with Crippen LogP contribution in [0.1, 0.15) is 22.8 Å². The number of aromatic amines is 1. The molecule has 1 aliphatic heterocycles. The van der Waals surface area contributed by atoms with Crippen LogP contribution in [0.25, 0.3) is 27.1 Å². The molecule has 2 aromatic carbocycles. The predicted molar refractivity (Wildman–Crippen MR) is 173 cm³/mol. The fourth-order valence-corrected chi connectivity index (χ4v) is 7.69. The van der Waals surface area contributed by atoms with E-state index < -0.39 is 5.91 Å². The molecule has 224 valence electrons. The van der Waals surface area contributed by atoms with E-state index in [0.717, 1.165) is 32.7 Å². The molecule has 0 unspecified atom stereocenters. The molecule has 6 rings (SSSR count). The van der Waals surface area contributed by atoms with Gasteiger partial charge in [-0.25, -0.2) is 9.37 Å². The molecular formula is C28H27BrCl2FN8O2S+. The van der Waals surface area contributed by atoms with Gasteiger partial charge in [0.25, 0.3) is 11.7 Å². The van der Waals surface area contributed by atoms with Gasteiger partial charge >= 0.3 is 5.95 Å². The lowest BCUT2D eigenvalue weighted by molar-refractivity contribution is -0.553. The van der Waals surface area contributed by atoms with Crippen molar-refractivity contribution in [2.45, 2.75) is 13.8 Å². The highest BCUT2D eigenvalue weighted by molar-refractivity contribution is 9.10. The van der Waals surface area contributed by atoms with Crippen LogP contribution in [0.15, 0.2) is 28.3 Å². The molecule has 1 fully saturated rings. The number of nitrogen functional groups attached to an aromatic ring is 1. The van der Waals surface area contributed by atoms with E-state index in [2.05, 4.69) is 52.9 Å². The summed E-state index contributed by atoms with van der Waals surface area (Å²) < 4.78 is 23.8. The van der Waals surface area contributed by atoms with Gasteiger partial charge in [-0.2, -0.15) is 4.57 Å². The van der Waals surface area contributed by atoms with E-state index in [0.29, 0.717) is 48.5 Å². The maximum atomic E-state index is 15.6. The van der Waals surface area contributed by atoms with Crippen LogP contribution in [0.2, 0.25) is 10.0 Å². The Morgan fingerprint density at radius 2 is 2.00 bits per heavy atom. The van der Waals surface area contributed by atoms with Crippen LogP contribution in [-0.2, 0) is 0 Å². The summed E-state index contributed by atoms with van der Waals surface area (Å²) in [7, 11) is 1.48. The van der Waals surface area contributed by atoms with Crippen molar-refractivity contribution in [1.29, 1.82) is 0 Å². The minimum absolute atomic E-state index is 0.156. The van der Waals surface area contributed by atoms with Gasteiger partial charge in [0, 0.05) is 43.7 Å². The van der Waals surface area contributed by atoms with Crippen molar-refractivity contribution in [1.82, 2.24) is 19.9 Å². The predicted octanol–water partition coefficient (Wildman–Crippen LogP) is 5.95. The van der Waals surface area contributed by atoms with Gasteiger partial charge in [0.15, 0.2) is 12.1 Å². The SMILES string of the molecule is CCN1CCN(c2cc3[nH]c(N)[n+](-c4ncnc5c(C(=O)Nc6c(Cl)c(C)c(Br)c(OC)c6Cl)csc45)c3cc2F)CC1. The number of amides is 1. The number of imidazole rings is 1. The third-order valence-electron chi connectivity index (χ3n) is 7.70. The second-order valence-electron chi connectivity index (χ2n) is 10.0. The average Bonchev–Trinajstić information content (AvgIpc) is 3.58. The monoisotopic (exact) mass is 707 g/mol. The zero-order chi connectivity index (χ0) is 30.6. The minimum Gasteiger partial charge on any atom is -0.494 e. The molecule has 0 atom stereocenters. The molecule has 0 bridgehead atoms. The van der Waals surface area contributed by atoms with Gasteiger partial charge < -0.3 is 25.6 Å². The van der Waals surface area contributed by atoms with E-state index in [9.17, 15) is 4.79 Å². The number of anilines is 3. The topological polar surface area (TPSA) is 116 Å². The zero-order valence-electron chi connectivity index (χ0n) is 23.4. The van der Waals surface area contributed by atoms with Crippen molar-refractivity contribution >= 4 is 94.9 Å². The molecule has 0 radical (unpaired) electrons. The Labute approximate surface area is 268 Å². The zero-order valence-corrected chi connectivity index (χ0v) is 27.3. The normalized spacial score (nSPS) is 14.2. The first-order valence-electron chi connectivity index (χ1n) is 13.4. The highest BCUT2D eigenvalue weighted by Crippen LogP contribution is 2.46. The third kappa shape index (κ3) is 5.06. The minimum atomic E-state index is -0.473. The van der Waals surface area contributed by atoms with Gasteiger partial charge in [-0.15, -0.1) is 16.3 Å². The lowest BCUT2D eigenvalue weighted by Gasteiger charge is -2.35. The van der Waals surface area contributed by atoms with E-state index in [4.69, 9.17) is 33.7 Å². The molecule has 0 aliphatic carbocycles. The number of aromatic nitrogens is 4. The Balaban J connectivity index is 1.38. The highest BCUT2D eigenvalue weighted by atomic mass is 79.9. The summed E-state index contributed by atoms with van der Waals surface area (Å²) in [5, 5.41) is 4.91. The highest BCUT2D eigenvalue weighted by Gasteiger charge is 2.28. The molecule has 1 aliphatic rings. The molecule has 3 aromatic heterocycles. The van der Waals surface area contributed by atoms with Gasteiger partial charge in [-0.1, -0.05) is 30.1 Å². The van der Waals surface area contributed by atoms with E-state index >= 15 is 4.39 Å². The van der Waals surface area contributed by atoms with Gasteiger partial charge in [0.2, 0.25) is 0 Å².